The van der Waals surface area contributed by atoms with Gasteiger partial charge in [0.25, 0.3) is 0 Å². The summed E-state index contributed by atoms with van der Waals surface area (Å²) in [6.07, 6.45) is 1.84. The van der Waals surface area contributed by atoms with Gasteiger partial charge in [0.2, 0.25) is 0 Å². The molecule has 0 fully saturated rings. The lowest BCUT2D eigenvalue weighted by Crippen LogP contribution is -2.32. The Bertz CT molecular complexity index is 1120. The first kappa shape index (κ1) is 27.2. The molecule has 0 bridgehead atoms. The van der Waals surface area contributed by atoms with Gasteiger partial charge in [0.15, 0.2) is 11.5 Å². The number of rotatable bonds is 7. The van der Waals surface area contributed by atoms with E-state index in [1.54, 1.807) is 6.07 Å². The second kappa shape index (κ2) is 13.6. The Morgan fingerprint density at radius 3 is 2.47 bits per heavy atom. The van der Waals surface area contributed by atoms with Gasteiger partial charge in [0, 0.05) is 23.7 Å². The highest BCUT2D eigenvalue weighted by atomic mass is 35.5. The summed E-state index contributed by atoms with van der Waals surface area (Å²) in [5.74, 6) is -0.296. The molecule has 2 aromatic carbocycles. The fourth-order valence-electron chi connectivity index (χ4n) is 2.74. The molecule has 34 heavy (non-hydrogen) atoms. The molecule has 0 aliphatic rings. The molecule has 0 spiro atoms. The SMILES string of the molecule is COc1ccnc(C(=S)NCC(=O)OC(C)Cc2ccccc2)c1O.Oc1ccc(Cl)cc1Cl. The molecule has 1 unspecified atom stereocenters. The molecule has 0 aliphatic carbocycles. The molecule has 0 saturated heterocycles. The van der Waals surface area contributed by atoms with Gasteiger partial charge < -0.3 is 25.0 Å². The maximum atomic E-state index is 11.9. The smallest absolute Gasteiger partial charge is 0.325 e. The largest absolute Gasteiger partial charge is 0.506 e. The topological polar surface area (TPSA) is 101 Å². The maximum absolute atomic E-state index is 11.9. The number of nitrogens with one attached hydrogen (secondary N) is 1. The standard InChI is InChI=1S/C18H20N2O4S.C6H4Cl2O/c1-12(10-13-6-4-3-5-7-13)24-15(21)11-20-18(25)16-17(22)14(23-2)8-9-19-16;7-4-1-2-6(9)5(8)3-4/h3-9,12,22H,10-11H2,1-2H3,(H,20,25);1-3,9H. The minimum Gasteiger partial charge on any atom is -0.506 e. The van der Waals surface area contributed by atoms with Crippen LogP contribution in [0, 0.1) is 0 Å². The van der Waals surface area contributed by atoms with Crippen LogP contribution in [0.5, 0.6) is 17.2 Å². The number of ether oxygens (including phenoxy) is 2. The Labute approximate surface area is 213 Å². The molecule has 7 nitrogen and oxygen atoms in total. The van der Waals surface area contributed by atoms with E-state index in [2.05, 4.69) is 10.3 Å². The molecule has 3 rings (SSSR count). The summed E-state index contributed by atoms with van der Waals surface area (Å²) in [7, 11) is 1.43. The molecule has 0 aliphatic heterocycles. The second-order valence-electron chi connectivity index (χ2n) is 6.98. The van der Waals surface area contributed by atoms with Gasteiger partial charge in [-0.1, -0.05) is 65.8 Å². The number of aromatic nitrogens is 1. The van der Waals surface area contributed by atoms with Crippen LogP contribution >= 0.6 is 35.4 Å². The van der Waals surface area contributed by atoms with Crippen LogP contribution in [-0.4, -0.2) is 45.9 Å². The molecule has 1 heterocycles. The van der Waals surface area contributed by atoms with Gasteiger partial charge in [-0.15, -0.1) is 0 Å². The van der Waals surface area contributed by atoms with Gasteiger partial charge in [-0.25, -0.2) is 4.98 Å². The van der Waals surface area contributed by atoms with Gasteiger partial charge in [-0.05, 0) is 30.7 Å². The van der Waals surface area contributed by atoms with Gasteiger partial charge in [0.05, 0.1) is 12.1 Å². The Morgan fingerprint density at radius 1 is 1.15 bits per heavy atom. The van der Waals surface area contributed by atoms with Crippen molar-refractivity contribution in [3.05, 3.63) is 82.1 Å². The van der Waals surface area contributed by atoms with E-state index >= 15 is 0 Å². The van der Waals surface area contributed by atoms with Crippen molar-refractivity contribution in [2.45, 2.75) is 19.4 Å². The number of carbonyl (C=O) groups excluding carboxylic acids is 1. The molecule has 1 atom stereocenters. The van der Waals surface area contributed by atoms with Crippen molar-refractivity contribution in [2.75, 3.05) is 13.7 Å². The summed E-state index contributed by atoms with van der Waals surface area (Å²) in [5, 5.41) is 22.4. The van der Waals surface area contributed by atoms with Crippen LogP contribution in [0.4, 0.5) is 0 Å². The summed E-state index contributed by atoms with van der Waals surface area (Å²) in [6.45, 7) is 1.72. The Hall–Kier alpha value is -3.07. The molecule has 10 heteroatoms. The van der Waals surface area contributed by atoms with E-state index in [0.29, 0.717) is 11.4 Å². The van der Waals surface area contributed by atoms with Crippen molar-refractivity contribution >= 4 is 46.4 Å². The molecule has 0 radical (unpaired) electrons. The summed E-state index contributed by atoms with van der Waals surface area (Å²) in [4.78, 5) is 16.1. The van der Waals surface area contributed by atoms with Crippen LogP contribution in [0.3, 0.4) is 0 Å². The Balaban J connectivity index is 0.000000379. The van der Waals surface area contributed by atoms with Crippen LogP contribution in [0.1, 0.15) is 18.2 Å². The van der Waals surface area contributed by atoms with Crippen LogP contribution in [0.25, 0.3) is 0 Å². The first-order valence-corrected chi connectivity index (χ1v) is 11.2. The third kappa shape index (κ3) is 8.70. The third-order valence-corrected chi connectivity index (χ3v) is 5.20. The van der Waals surface area contributed by atoms with E-state index in [9.17, 15) is 9.90 Å². The number of halogens is 2. The van der Waals surface area contributed by atoms with Crippen molar-refractivity contribution in [1.82, 2.24) is 10.3 Å². The van der Waals surface area contributed by atoms with Crippen molar-refractivity contribution in [2.24, 2.45) is 0 Å². The molecule has 1 aromatic heterocycles. The summed E-state index contributed by atoms with van der Waals surface area (Å²) < 4.78 is 10.3. The van der Waals surface area contributed by atoms with E-state index in [0.717, 1.165) is 5.56 Å². The van der Waals surface area contributed by atoms with E-state index in [1.807, 2.05) is 37.3 Å². The van der Waals surface area contributed by atoms with Crippen LogP contribution in [0.15, 0.2) is 60.8 Å². The number of thiocarbonyl (C=S) groups is 1. The summed E-state index contributed by atoms with van der Waals surface area (Å²) in [6, 6.07) is 15.8. The van der Waals surface area contributed by atoms with Crippen LogP contribution in [-0.2, 0) is 16.0 Å². The lowest BCUT2D eigenvalue weighted by atomic mass is 10.1. The van der Waals surface area contributed by atoms with E-state index < -0.39 is 5.97 Å². The van der Waals surface area contributed by atoms with E-state index in [-0.39, 0.29) is 45.6 Å². The van der Waals surface area contributed by atoms with Crippen molar-refractivity contribution in [1.29, 1.82) is 0 Å². The van der Waals surface area contributed by atoms with Gasteiger partial charge >= 0.3 is 5.97 Å². The zero-order valence-electron chi connectivity index (χ0n) is 18.5. The fourth-order valence-corrected chi connectivity index (χ4v) is 3.37. The number of nitrogens with zero attached hydrogens (tertiary/aromatic N) is 1. The lowest BCUT2D eigenvalue weighted by molar-refractivity contribution is -0.146. The maximum Gasteiger partial charge on any atom is 0.325 e. The zero-order valence-corrected chi connectivity index (χ0v) is 20.8. The number of hydrogen-bond acceptors (Lipinski definition) is 7. The number of esters is 1. The number of phenolic OH excluding ortho intramolecular Hbond substituents is 1. The number of benzene rings is 2. The molecule has 0 saturated carbocycles. The van der Waals surface area contributed by atoms with Crippen LogP contribution in [0.2, 0.25) is 10.0 Å². The van der Waals surface area contributed by atoms with Gasteiger partial charge in [0.1, 0.15) is 29.1 Å². The Morgan fingerprint density at radius 2 is 1.85 bits per heavy atom. The lowest BCUT2D eigenvalue weighted by Gasteiger charge is -2.14. The number of pyridine rings is 1. The predicted molar refractivity (Wildman–Crippen MR) is 136 cm³/mol. The molecular formula is C24H24Cl2N2O5S. The number of hydrogen-bond donors (Lipinski definition) is 3. The zero-order chi connectivity index (χ0) is 25.1. The molecule has 3 N–H and O–H groups in total. The van der Waals surface area contributed by atoms with E-state index in [1.165, 1.54) is 31.5 Å². The van der Waals surface area contributed by atoms with Gasteiger partial charge in [-0.2, -0.15) is 0 Å². The average Bonchev–Trinajstić information content (AvgIpc) is 2.81. The highest BCUT2D eigenvalue weighted by Crippen LogP contribution is 2.27. The highest BCUT2D eigenvalue weighted by molar-refractivity contribution is 7.80. The minimum absolute atomic E-state index is 0.0565. The fraction of sp³-hybridized carbons (Fsp3) is 0.208. The average molecular weight is 523 g/mol. The van der Waals surface area contributed by atoms with Crippen molar-refractivity contribution < 1.29 is 24.5 Å². The van der Waals surface area contributed by atoms with Gasteiger partial charge in [-0.3, -0.25) is 4.79 Å². The Kier molecular flexibility index (Phi) is 10.9. The van der Waals surface area contributed by atoms with Crippen molar-refractivity contribution in [3.8, 4) is 17.2 Å². The van der Waals surface area contributed by atoms with E-state index in [4.69, 9.17) is 50.0 Å². The quantitative estimate of drug-likeness (QED) is 0.296. The predicted octanol–water partition coefficient (Wildman–Crippen LogP) is 4.93. The minimum atomic E-state index is -0.437. The first-order valence-electron chi connectivity index (χ1n) is 10.1. The first-order chi connectivity index (χ1) is 16.2. The van der Waals surface area contributed by atoms with Crippen molar-refractivity contribution in [3.63, 3.8) is 0 Å². The number of aromatic hydroxyl groups is 2. The monoisotopic (exact) mass is 522 g/mol. The third-order valence-electron chi connectivity index (χ3n) is 4.32. The molecule has 180 valence electrons. The summed E-state index contributed by atoms with van der Waals surface area (Å²) in [5.41, 5.74) is 1.25. The number of phenols is 1. The second-order valence-corrected chi connectivity index (χ2v) is 8.23. The highest BCUT2D eigenvalue weighted by Gasteiger charge is 2.16. The molecule has 0 amide bonds. The molecule has 3 aromatic rings. The number of carbonyl (C=O) groups is 1. The molecular weight excluding hydrogens is 499 g/mol. The van der Waals surface area contributed by atoms with Crippen LogP contribution < -0.4 is 10.1 Å². The normalized spacial score (nSPS) is 10.9. The summed E-state index contributed by atoms with van der Waals surface area (Å²) >= 11 is 16.2. The number of methoxy groups -OCH3 is 1.